The first kappa shape index (κ1) is 11.7. The van der Waals surface area contributed by atoms with Gasteiger partial charge >= 0.3 is 5.97 Å². The molecule has 0 fully saturated rings. The van der Waals surface area contributed by atoms with E-state index in [-0.39, 0.29) is 11.7 Å². The monoisotopic (exact) mass is 254 g/mol. The number of hydrogen-bond donors (Lipinski definition) is 0. The molecule has 0 aliphatic heterocycles. The van der Waals surface area contributed by atoms with E-state index in [1.54, 1.807) is 19.3 Å². The van der Waals surface area contributed by atoms with Crippen LogP contribution in [0.1, 0.15) is 5.76 Å². The number of thioether (sulfide) groups is 1. The lowest BCUT2D eigenvalue weighted by Crippen LogP contribution is -2.02. The van der Waals surface area contributed by atoms with Crippen molar-refractivity contribution < 1.29 is 18.4 Å². The Bertz CT molecular complexity index is 520. The summed E-state index contributed by atoms with van der Waals surface area (Å²) < 4.78 is 15.0. The van der Waals surface area contributed by atoms with E-state index in [4.69, 9.17) is 8.83 Å². The lowest BCUT2D eigenvalue weighted by Gasteiger charge is -1.94. The van der Waals surface area contributed by atoms with Gasteiger partial charge in [0.25, 0.3) is 11.1 Å². The number of aromatic nitrogens is 2. The van der Waals surface area contributed by atoms with Gasteiger partial charge in [-0.05, 0) is 13.0 Å². The first-order valence-corrected chi connectivity index (χ1v) is 5.77. The van der Waals surface area contributed by atoms with E-state index in [9.17, 15) is 4.79 Å². The molecule has 0 spiro atoms. The lowest BCUT2D eigenvalue weighted by atomic mass is 10.3. The summed E-state index contributed by atoms with van der Waals surface area (Å²) in [5, 5.41) is 8.02. The molecule has 2 aromatic heterocycles. The molecule has 2 aromatic rings. The molecule has 0 saturated carbocycles. The highest BCUT2D eigenvalue weighted by atomic mass is 32.2. The highest BCUT2D eigenvalue weighted by molar-refractivity contribution is 7.99. The number of nitrogens with zero attached hydrogens (tertiary/aromatic N) is 2. The number of methoxy groups -OCH3 is 1. The van der Waals surface area contributed by atoms with Gasteiger partial charge in [-0.1, -0.05) is 11.8 Å². The van der Waals surface area contributed by atoms with Crippen LogP contribution >= 0.6 is 11.8 Å². The molecule has 2 heterocycles. The van der Waals surface area contributed by atoms with Crippen LogP contribution in [-0.4, -0.2) is 29.0 Å². The van der Waals surface area contributed by atoms with Gasteiger partial charge in [-0.2, -0.15) is 0 Å². The number of ether oxygens (including phenoxy) is 1. The van der Waals surface area contributed by atoms with Gasteiger partial charge in [-0.15, -0.1) is 10.2 Å². The highest BCUT2D eigenvalue weighted by Gasteiger charge is 2.14. The minimum absolute atomic E-state index is 0.141. The Morgan fingerprint density at radius 3 is 3.00 bits per heavy atom. The molecule has 0 unspecified atom stereocenters. The van der Waals surface area contributed by atoms with E-state index in [0.29, 0.717) is 16.9 Å². The third-order valence-corrected chi connectivity index (χ3v) is 2.83. The fourth-order valence-electron chi connectivity index (χ4n) is 1.16. The van der Waals surface area contributed by atoms with Crippen molar-refractivity contribution in [3.8, 4) is 11.5 Å². The summed E-state index contributed by atoms with van der Waals surface area (Å²) in [7, 11) is 1.33. The average molecular weight is 254 g/mol. The van der Waals surface area contributed by atoms with E-state index in [1.165, 1.54) is 7.11 Å². The molecule has 17 heavy (non-hydrogen) atoms. The van der Waals surface area contributed by atoms with Crippen LogP contribution in [0.2, 0.25) is 0 Å². The van der Waals surface area contributed by atoms with E-state index in [2.05, 4.69) is 14.9 Å². The van der Waals surface area contributed by atoms with Crippen LogP contribution in [0.3, 0.4) is 0 Å². The number of carbonyl (C=O) groups excluding carboxylic acids is 1. The Morgan fingerprint density at radius 2 is 2.35 bits per heavy atom. The van der Waals surface area contributed by atoms with E-state index in [0.717, 1.165) is 17.3 Å². The minimum atomic E-state index is -0.339. The summed E-state index contributed by atoms with van der Waals surface area (Å²) in [6.45, 7) is 1.81. The van der Waals surface area contributed by atoms with Gasteiger partial charge in [-0.25, -0.2) is 0 Å². The zero-order valence-electron chi connectivity index (χ0n) is 9.30. The molecule has 90 valence electrons. The zero-order chi connectivity index (χ0) is 12.3. The quantitative estimate of drug-likeness (QED) is 0.609. The first-order chi connectivity index (χ1) is 8.20. The van der Waals surface area contributed by atoms with Crippen molar-refractivity contribution >= 4 is 17.7 Å². The molecule has 0 aliphatic carbocycles. The Balaban J connectivity index is 2.06. The number of rotatable bonds is 4. The predicted molar refractivity (Wildman–Crippen MR) is 59.5 cm³/mol. The van der Waals surface area contributed by atoms with Crippen LogP contribution in [0, 0.1) is 6.92 Å². The second-order valence-corrected chi connectivity index (χ2v) is 4.05. The summed E-state index contributed by atoms with van der Waals surface area (Å²) in [6, 6.07) is 1.75. The van der Waals surface area contributed by atoms with Crippen molar-refractivity contribution in [3.63, 3.8) is 0 Å². The number of furan rings is 1. The van der Waals surface area contributed by atoms with Crippen LogP contribution < -0.4 is 0 Å². The molecule has 0 aromatic carbocycles. The number of aryl methyl sites for hydroxylation is 1. The molecule has 6 nitrogen and oxygen atoms in total. The van der Waals surface area contributed by atoms with E-state index in [1.807, 2.05) is 0 Å². The highest BCUT2D eigenvalue weighted by Crippen LogP contribution is 2.26. The lowest BCUT2D eigenvalue weighted by molar-refractivity contribution is -0.137. The Labute approximate surface area is 101 Å². The SMILES string of the molecule is COC(=O)CSc1nnc(-c2ccoc2C)o1. The van der Waals surface area contributed by atoms with Crippen molar-refractivity contribution in [2.24, 2.45) is 0 Å². The van der Waals surface area contributed by atoms with Crippen molar-refractivity contribution in [1.82, 2.24) is 10.2 Å². The van der Waals surface area contributed by atoms with E-state index >= 15 is 0 Å². The Kier molecular flexibility index (Phi) is 3.48. The normalized spacial score (nSPS) is 10.5. The largest absolute Gasteiger partial charge is 0.469 e. The van der Waals surface area contributed by atoms with Crippen LogP contribution in [-0.2, 0) is 9.53 Å². The van der Waals surface area contributed by atoms with Crippen LogP contribution in [0.5, 0.6) is 0 Å². The third-order valence-electron chi connectivity index (χ3n) is 2.04. The maximum Gasteiger partial charge on any atom is 0.316 e. The van der Waals surface area contributed by atoms with Gasteiger partial charge in [0.1, 0.15) is 11.5 Å². The Hall–Kier alpha value is -1.76. The molecule has 0 N–H and O–H groups in total. The molecular weight excluding hydrogens is 244 g/mol. The van der Waals surface area contributed by atoms with Gasteiger partial charge in [0.05, 0.1) is 18.9 Å². The van der Waals surface area contributed by atoms with Crippen molar-refractivity contribution in [2.75, 3.05) is 12.9 Å². The Morgan fingerprint density at radius 1 is 1.53 bits per heavy atom. The fraction of sp³-hybridized carbons (Fsp3) is 0.300. The third kappa shape index (κ3) is 2.68. The molecule has 2 rings (SSSR count). The number of esters is 1. The molecular formula is C10H10N2O4S. The summed E-state index contributed by atoms with van der Waals surface area (Å²) in [4.78, 5) is 10.9. The van der Waals surface area contributed by atoms with Gasteiger partial charge < -0.3 is 13.6 Å². The smallest absolute Gasteiger partial charge is 0.316 e. The first-order valence-electron chi connectivity index (χ1n) is 4.78. The summed E-state index contributed by atoms with van der Waals surface area (Å²) in [5.74, 6) is 0.888. The van der Waals surface area contributed by atoms with Crippen molar-refractivity contribution in [2.45, 2.75) is 12.1 Å². The second-order valence-electron chi connectivity index (χ2n) is 3.13. The van der Waals surface area contributed by atoms with Gasteiger partial charge in [0.2, 0.25) is 0 Å². The second kappa shape index (κ2) is 5.05. The maximum atomic E-state index is 10.9. The molecule has 0 atom stereocenters. The predicted octanol–water partition coefficient (Wildman–Crippen LogP) is 1.90. The molecule has 0 saturated heterocycles. The molecule has 0 aliphatic rings. The summed E-state index contributed by atoms with van der Waals surface area (Å²) >= 11 is 1.13. The van der Waals surface area contributed by atoms with Crippen molar-refractivity contribution in [3.05, 3.63) is 18.1 Å². The topological polar surface area (TPSA) is 78.4 Å². The van der Waals surface area contributed by atoms with Crippen molar-refractivity contribution in [1.29, 1.82) is 0 Å². The molecule has 0 radical (unpaired) electrons. The maximum absolute atomic E-state index is 10.9. The van der Waals surface area contributed by atoms with Crippen LogP contribution in [0.25, 0.3) is 11.5 Å². The van der Waals surface area contributed by atoms with Gasteiger partial charge in [0, 0.05) is 0 Å². The number of carbonyl (C=O) groups is 1. The molecule has 0 bridgehead atoms. The van der Waals surface area contributed by atoms with E-state index < -0.39 is 0 Å². The van der Waals surface area contributed by atoms with Crippen LogP contribution in [0.4, 0.5) is 0 Å². The molecule has 0 amide bonds. The fourth-order valence-corrected chi connectivity index (χ4v) is 1.76. The van der Waals surface area contributed by atoms with Gasteiger partial charge in [0.15, 0.2) is 0 Å². The zero-order valence-corrected chi connectivity index (χ0v) is 10.1. The number of hydrogen-bond acceptors (Lipinski definition) is 7. The standard InChI is InChI=1S/C10H10N2O4S/c1-6-7(3-4-15-6)9-11-12-10(16-9)17-5-8(13)14-2/h3-4H,5H2,1-2H3. The van der Waals surface area contributed by atoms with Crippen LogP contribution in [0.15, 0.2) is 26.4 Å². The van der Waals surface area contributed by atoms with Gasteiger partial charge in [-0.3, -0.25) is 4.79 Å². The average Bonchev–Trinajstić information content (AvgIpc) is 2.94. The minimum Gasteiger partial charge on any atom is -0.469 e. The summed E-state index contributed by atoms with van der Waals surface area (Å²) in [6.07, 6.45) is 1.55. The summed E-state index contributed by atoms with van der Waals surface area (Å²) in [5.41, 5.74) is 0.752. The molecule has 7 heteroatoms.